The van der Waals surface area contributed by atoms with E-state index in [2.05, 4.69) is 23.5 Å². The molecule has 3 aromatic carbocycles. The molecular formula is C27H26N2O2S. The Labute approximate surface area is 193 Å². The van der Waals surface area contributed by atoms with Crippen LogP contribution in [0.2, 0.25) is 0 Å². The first-order chi connectivity index (χ1) is 15.7. The maximum atomic E-state index is 12.9. The molecule has 3 aromatic rings. The van der Waals surface area contributed by atoms with Crippen LogP contribution in [0.1, 0.15) is 56.9 Å². The van der Waals surface area contributed by atoms with Gasteiger partial charge >= 0.3 is 0 Å². The molecule has 4 nitrogen and oxygen atoms in total. The average molecular weight is 443 g/mol. The molecule has 1 heterocycles. The summed E-state index contributed by atoms with van der Waals surface area (Å²) in [5, 5.41) is 3.20. The lowest BCUT2D eigenvalue weighted by Crippen LogP contribution is -2.31. The van der Waals surface area contributed by atoms with E-state index < -0.39 is 0 Å². The summed E-state index contributed by atoms with van der Waals surface area (Å²) in [7, 11) is 0. The van der Waals surface area contributed by atoms with Crippen LogP contribution in [-0.4, -0.2) is 22.5 Å². The zero-order valence-corrected chi connectivity index (χ0v) is 18.7. The van der Waals surface area contributed by atoms with Crippen molar-refractivity contribution in [3.05, 3.63) is 107 Å². The van der Waals surface area contributed by atoms with Gasteiger partial charge in [-0.2, -0.15) is 0 Å². The van der Waals surface area contributed by atoms with Gasteiger partial charge in [-0.3, -0.25) is 9.59 Å². The standard InChI is InChI=1S/C27H26N2O2S/c30-25-18-32-27(29(25)17-19-7-2-1-3-8-19)22-15-13-21(14-16-22)26(31)28-24-12-6-10-20-9-4-5-11-23(20)24/h1-5,7-9,11,13-16,24,27H,6,10,12,17-18H2,(H,28,31)/t24-,27-/m1/s1. The van der Waals surface area contributed by atoms with E-state index in [4.69, 9.17) is 0 Å². The molecule has 1 saturated heterocycles. The highest BCUT2D eigenvalue weighted by molar-refractivity contribution is 8.00. The van der Waals surface area contributed by atoms with Crippen molar-refractivity contribution < 1.29 is 9.59 Å². The molecule has 0 saturated carbocycles. The Hall–Kier alpha value is -3.05. The van der Waals surface area contributed by atoms with E-state index in [0.717, 1.165) is 30.4 Å². The highest BCUT2D eigenvalue weighted by Gasteiger charge is 2.33. The molecule has 2 atom stereocenters. The number of hydrogen-bond acceptors (Lipinski definition) is 3. The van der Waals surface area contributed by atoms with Crippen LogP contribution in [0.25, 0.3) is 0 Å². The second-order valence-corrected chi connectivity index (χ2v) is 9.48. The lowest BCUT2D eigenvalue weighted by atomic mass is 9.87. The highest BCUT2D eigenvalue weighted by Crippen LogP contribution is 2.39. The molecule has 0 aromatic heterocycles. The zero-order chi connectivity index (χ0) is 21.9. The monoisotopic (exact) mass is 442 g/mol. The van der Waals surface area contributed by atoms with E-state index in [1.54, 1.807) is 11.8 Å². The third-order valence-electron chi connectivity index (χ3n) is 6.30. The van der Waals surface area contributed by atoms with E-state index in [1.807, 2.05) is 65.6 Å². The maximum absolute atomic E-state index is 12.9. The third-order valence-corrected chi connectivity index (χ3v) is 7.55. The minimum Gasteiger partial charge on any atom is -0.345 e. The second-order valence-electron chi connectivity index (χ2n) is 8.41. The fourth-order valence-corrected chi connectivity index (χ4v) is 5.81. The summed E-state index contributed by atoms with van der Waals surface area (Å²) in [4.78, 5) is 27.4. The molecule has 32 heavy (non-hydrogen) atoms. The molecule has 0 radical (unpaired) electrons. The second kappa shape index (κ2) is 9.21. The van der Waals surface area contributed by atoms with Gasteiger partial charge in [0.25, 0.3) is 5.91 Å². The smallest absolute Gasteiger partial charge is 0.251 e. The van der Waals surface area contributed by atoms with Gasteiger partial charge in [0.15, 0.2) is 0 Å². The molecule has 5 heteroatoms. The van der Waals surface area contributed by atoms with Gasteiger partial charge < -0.3 is 10.2 Å². The third kappa shape index (κ3) is 4.30. The van der Waals surface area contributed by atoms with Crippen molar-refractivity contribution in [2.75, 3.05) is 5.75 Å². The summed E-state index contributed by atoms with van der Waals surface area (Å²) in [5.41, 5.74) is 5.40. The predicted octanol–water partition coefficient (Wildman–Crippen LogP) is 5.27. The average Bonchev–Trinajstić information content (AvgIpc) is 3.20. The summed E-state index contributed by atoms with van der Waals surface area (Å²) in [5.74, 6) is 0.595. The number of aryl methyl sites for hydroxylation is 1. The number of rotatable bonds is 5. The normalized spacial score (nSPS) is 20.1. The first kappa shape index (κ1) is 20.8. The zero-order valence-electron chi connectivity index (χ0n) is 17.9. The van der Waals surface area contributed by atoms with Crippen LogP contribution < -0.4 is 5.32 Å². The number of amides is 2. The predicted molar refractivity (Wildman–Crippen MR) is 128 cm³/mol. The minimum atomic E-state index is -0.0467. The molecule has 0 spiro atoms. The number of thioether (sulfide) groups is 1. The van der Waals surface area contributed by atoms with Crippen LogP contribution in [0.4, 0.5) is 0 Å². The fraction of sp³-hybridized carbons (Fsp3) is 0.259. The Bertz CT molecular complexity index is 1110. The van der Waals surface area contributed by atoms with Crippen molar-refractivity contribution in [2.24, 2.45) is 0 Å². The molecule has 1 aliphatic carbocycles. The number of fused-ring (bicyclic) bond motifs is 1. The molecule has 0 bridgehead atoms. The largest absolute Gasteiger partial charge is 0.345 e. The summed E-state index contributed by atoms with van der Waals surface area (Å²) >= 11 is 1.64. The molecule has 0 unspecified atom stereocenters. The SMILES string of the molecule is O=C(N[C@@H]1CCCc2ccccc21)c1ccc([C@H]2SCC(=O)N2Cc2ccccc2)cc1. The Morgan fingerprint density at radius 2 is 1.72 bits per heavy atom. The Morgan fingerprint density at radius 1 is 0.969 bits per heavy atom. The van der Waals surface area contributed by atoms with Crippen molar-refractivity contribution in [1.29, 1.82) is 0 Å². The lowest BCUT2D eigenvalue weighted by Gasteiger charge is -2.26. The van der Waals surface area contributed by atoms with Gasteiger partial charge in [0, 0.05) is 12.1 Å². The van der Waals surface area contributed by atoms with Gasteiger partial charge in [0.2, 0.25) is 5.91 Å². The van der Waals surface area contributed by atoms with Crippen LogP contribution in [0, 0.1) is 0 Å². The van der Waals surface area contributed by atoms with Gasteiger partial charge in [-0.05, 0) is 53.6 Å². The van der Waals surface area contributed by atoms with Gasteiger partial charge in [0.05, 0.1) is 11.8 Å². The summed E-state index contributed by atoms with van der Waals surface area (Å²) in [6.07, 6.45) is 3.13. The quantitative estimate of drug-likeness (QED) is 0.586. The van der Waals surface area contributed by atoms with Crippen LogP contribution in [-0.2, 0) is 17.8 Å². The van der Waals surface area contributed by atoms with Crippen molar-refractivity contribution in [2.45, 2.75) is 37.2 Å². The molecule has 1 N–H and O–H groups in total. The molecule has 2 amide bonds. The number of nitrogens with one attached hydrogen (secondary N) is 1. The Balaban J connectivity index is 1.29. The topological polar surface area (TPSA) is 49.4 Å². The van der Waals surface area contributed by atoms with Crippen molar-refractivity contribution >= 4 is 23.6 Å². The van der Waals surface area contributed by atoms with Crippen LogP contribution >= 0.6 is 11.8 Å². The van der Waals surface area contributed by atoms with Crippen LogP contribution in [0.15, 0.2) is 78.9 Å². The molecular weight excluding hydrogens is 416 g/mol. The highest BCUT2D eigenvalue weighted by atomic mass is 32.2. The summed E-state index contributed by atoms with van der Waals surface area (Å²) in [6.45, 7) is 0.598. The van der Waals surface area contributed by atoms with Gasteiger partial charge in [-0.25, -0.2) is 0 Å². The van der Waals surface area contributed by atoms with Crippen molar-refractivity contribution in [1.82, 2.24) is 10.2 Å². The number of carbonyl (C=O) groups is 2. The van der Waals surface area contributed by atoms with Crippen LogP contribution in [0.3, 0.4) is 0 Å². The first-order valence-corrected chi connectivity index (χ1v) is 12.2. The summed E-state index contributed by atoms with van der Waals surface area (Å²) < 4.78 is 0. The van der Waals surface area contributed by atoms with E-state index in [0.29, 0.717) is 17.9 Å². The molecule has 1 fully saturated rings. The minimum absolute atomic E-state index is 0.0231. The fourth-order valence-electron chi connectivity index (χ4n) is 4.63. The summed E-state index contributed by atoms with van der Waals surface area (Å²) in [6, 6.07) is 26.2. The molecule has 2 aliphatic rings. The van der Waals surface area contributed by atoms with Gasteiger partial charge in [0.1, 0.15) is 5.37 Å². The van der Waals surface area contributed by atoms with Crippen LogP contribution in [0.5, 0.6) is 0 Å². The molecule has 1 aliphatic heterocycles. The number of benzene rings is 3. The molecule has 162 valence electrons. The van der Waals surface area contributed by atoms with Crippen molar-refractivity contribution in [3.63, 3.8) is 0 Å². The van der Waals surface area contributed by atoms with Crippen molar-refractivity contribution in [3.8, 4) is 0 Å². The van der Waals surface area contributed by atoms with Gasteiger partial charge in [-0.15, -0.1) is 11.8 Å². The first-order valence-electron chi connectivity index (χ1n) is 11.1. The Morgan fingerprint density at radius 3 is 2.53 bits per heavy atom. The van der Waals surface area contributed by atoms with E-state index >= 15 is 0 Å². The van der Waals surface area contributed by atoms with E-state index in [9.17, 15) is 9.59 Å². The number of carbonyl (C=O) groups excluding carboxylic acids is 2. The maximum Gasteiger partial charge on any atom is 0.251 e. The Kier molecular flexibility index (Phi) is 5.99. The van der Waals surface area contributed by atoms with E-state index in [1.165, 1.54) is 11.1 Å². The van der Waals surface area contributed by atoms with E-state index in [-0.39, 0.29) is 23.2 Å². The number of hydrogen-bond donors (Lipinski definition) is 1. The molecule has 5 rings (SSSR count). The number of nitrogens with zero attached hydrogens (tertiary/aromatic N) is 1. The van der Waals surface area contributed by atoms with Gasteiger partial charge in [-0.1, -0.05) is 66.7 Å². The lowest BCUT2D eigenvalue weighted by molar-refractivity contribution is -0.128.